The molecule has 3 rings (SSSR count). The van der Waals surface area contributed by atoms with Crippen LogP contribution in [-0.4, -0.2) is 25.1 Å². The SMILES string of the molecule is CC(C)(C)c1cc(=O)[nH]c2cc(NC(=O)CCS(=O)(=O)c3ccccc3)ccc12. The van der Waals surface area contributed by atoms with E-state index in [-0.39, 0.29) is 28.0 Å². The van der Waals surface area contributed by atoms with Gasteiger partial charge < -0.3 is 10.3 Å². The summed E-state index contributed by atoms with van der Waals surface area (Å²) in [7, 11) is -3.52. The second-order valence-electron chi connectivity index (χ2n) is 7.99. The third-order valence-corrected chi connectivity index (χ3v) is 6.37. The Morgan fingerprint density at radius 2 is 1.72 bits per heavy atom. The molecule has 0 aliphatic rings. The standard InChI is InChI=1S/C22H24N2O4S/c1-22(2,3)18-14-21(26)24-19-13-15(9-10-17(18)19)23-20(25)11-12-29(27,28)16-7-5-4-6-8-16/h4-10,13-14H,11-12H2,1-3H3,(H,23,25)(H,24,26). The maximum Gasteiger partial charge on any atom is 0.248 e. The largest absolute Gasteiger partial charge is 0.326 e. The molecule has 1 heterocycles. The van der Waals surface area contributed by atoms with Crippen molar-refractivity contribution in [3.63, 3.8) is 0 Å². The molecular formula is C22H24N2O4S. The van der Waals surface area contributed by atoms with Crippen LogP contribution >= 0.6 is 0 Å². The van der Waals surface area contributed by atoms with Gasteiger partial charge in [-0.1, -0.05) is 45.0 Å². The van der Waals surface area contributed by atoms with Gasteiger partial charge in [-0.3, -0.25) is 9.59 Å². The topological polar surface area (TPSA) is 96.1 Å². The van der Waals surface area contributed by atoms with E-state index in [0.29, 0.717) is 11.2 Å². The molecule has 0 fully saturated rings. The molecule has 0 spiro atoms. The van der Waals surface area contributed by atoms with Crippen LogP contribution in [0.4, 0.5) is 5.69 Å². The number of hydrogen-bond donors (Lipinski definition) is 2. The quantitative estimate of drug-likeness (QED) is 0.669. The molecule has 1 aromatic heterocycles. The zero-order valence-electron chi connectivity index (χ0n) is 16.7. The first-order valence-electron chi connectivity index (χ1n) is 9.31. The van der Waals surface area contributed by atoms with E-state index in [1.54, 1.807) is 36.4 Å². The summed E-state index contributed by atoms with van der Waals surface area (Å²) in [5.74, 6) is -0.681. The highest BCUT2D eigenvalue weighted by atomic mass is 32.2. The number of benzene rings is 2. The summed E-state index contributed by atoms with van der Waals surface area (Å²) in [4.78, 5) is 27.3. The Hall–Kier alpha value is -2.93. The van der Waals surface area contributed by atoms with E-state index in [0.717, 1.165) is 10.9 Å². The van der Waals surface area contributed by atoms with Crippen molar-refractivity contribution in [3.05, 3.63) is 70.5 Å². The van der Waals surface area contributed by atoms with Gasteiger partial charge in [-0.2, -0.15) is 0 Å². The number of carbonyl (C=O) groups excluding carboxylic acids is 1. The maximum atomic E-state index is 12.3. The Balaban J connectivity index is 1.77. The van der Waals surface area contributed by atoms with Crippen LogP contribution in [0.25, 0.3) is 10.9 Å². The lowest BCUT2D eigenvalue weighted by molar-refractivity contribution is -0.115. The van der Waals surface area contributed by atoms with Gasteiger partial charge in [0.15, 0.2) is 9.84 Å². The second kappa shape index (κ2) is 7.83. The summed E-state index contributed by atoms with van der Waals surface area (Å²) in [6, 6.07) is 14.9. The number of hydrogen-bond acceptors (Lipinski definition) is 4. The molecule has 0 aliphatic carbocycles. The zero-order chi connectivity index (χ0) is 21.2. The predicted molar refractivity (Wildman–Crippen MR) is 115 cm³/mol. The van der Waals surface area contributed by atoms with E-state index in [9.17, 15) is 18.0 Å². The molecule has 0 atom stereocenters. The maximum absolute atomic E-state index is 12.3. The third kappa shape index (κ3) is 4.92. The fourth-order valence-corrected chi connectivity index (χ4v) is 4.42. The van der Waals surface area contributed by atoms with E-state index in [1.807, 2.05) is 26.8 Å². The molecule has 0 saturated heterocycles. The molecule has 3 aromatic rings. The highest BCUT2D eigenvalue weighted by Gasteiger charge is 2.19. The molecule has 7 heteroatoms. The Labute approximate surface area is 169 Å². The van der Waals surface area contributed by atoms with Gasteiger partial charge in [-0.15, -0.1) is 0 Å². The predicted octanol–water partition coefficient (Wildman–Crippen LogP) is 3.63. The number of sulfone groups is 1. The fourth-order valence-electron chi connectivity index (χ4n) is 3.15. The molecule has 0 saturated carbocycles. The molecule has 1 amide bonds. The van der Waals surface area contributed by atoms with Gasteiger partial charge in [0.2, 0.25) is 11.5 Å². The first kappa shape index (κ1) is 20.8. The van der Waals surface area contributed by atoms with E-state index in [1.165, 1.54) is 12.1 Å². The molecule has 29 heavy (non-hydrogen) atoms. The van der Waals surface area contributed by atoms with Crippen LogP contribution in [0.3, 0.4) is 0 Å². The molecule has 2 aromatic carbocycles. The van der Waals surface area contributed by atoms with Crippen molar-refractivity contribution in [1.82, 2.24) is 4.98 Å². The average molecular weight is 413 g/mol. The smallest absolute Gasteiger partial charge is 0.248 e. The van der Waals surface area contributed by atoms with Gasteiger partial charge in [0.25, 0.3) is 0 Å². The monoisotopic (exact) mass is 412 g/mol. The first-order valence-corrected chi connectivity index (χ1v) is 11.0. The van der Waals surface area contributed by atoms with Crippen molar-refractivity contribution >= 4 is 32.3 Å². The lowest BCUT2D eigenvalue weighted by Gasteiger charge is -2.21. The Kier molecular flexibility index (Phi) is 5.61. The molecular weight excluding hydrogens is 388 g/mol. The minimum Gasteiger partial charge on any atom is -0.326 e. The molecule has 0 aliphatic heterocycles. The van der Waals surface area contributed by atoms with Crippen LogP contribution < -0.4 is 10.9 Å². The minimum atomic E-state index is -3.52. The minimum absolute atomic E-state index is 0.159. The van der Waals surface area contributed by atoms with Crippen LogP contribution in [0.2, 0.25) is 0 Å². The summed E-state index contributed by atoms with van der Waals surface area (Å²) >= 11 is 0. The molecule has 0 bridgehead atoms. The summed E-state index contributed by atoms with van der Waals surface area (Å²) in [5, 5.41) is 3.61. The van der Waals surface area contributed by atoms with Crippen molar-refractivity contribution < 1.29 is 13.2 Å². The number of fused-ring (bicyclic) bond motifs is 1. The van der Waals surface area contributed by atoms with Crippen molar-refractivity contribution in [2.45, 2.75) is 37.5 Å². The van der Waals surface area contributed by atoms with Crippen LogP contribution in [0, 0.1) is 0 Å². The molecule has 152 valence electrons. The number of anilines is 1. The van der Waals surface area contributed by atoms with Gasteiger partial charge in [-0.25, -0.2) is 8.42 Å². The molecule has 0 unspecified atom stereocenters. The second-order valence-corrected chi connectivity index (χ2v) is 10.1. The zero-order valence-corrected chi connectivity index (χ0v) is 17.5. The Morgan fingerprint density at radius 3 is 2.38 bits per heavy atom. The van der Waals surface area contributed by atoms with Gasteiger partial charge in [0, 0.05) is 23.6 Å². The van der Waals surface area contributed by atoms with Crippen LogP contribution in [0.15, 0.2) is 64.3 Å². The van der Waals surface area contributed by atoms with E-state index < -0.39 is 15.7 Å². The number of carbonyl (C=O) groups is 1. The van der Waals surface area contributed by atoms with Crippen LogP contribution in [-0.2, 0) is 20.0 Å². The van der Waals surface area contributed by atoms with Gasteiger partial charge in [0.1, 0.15) is 0 Å². The Morgan fingerprint density at radius 1 is 1.03 bits per heavy atom. The summed E-state index contributed by atoms with van der Waals surface area (Å²) in [6.07, 6.45) is -0.159. The molecule has 0 radical (unpaired) electrons. The first-order chi connectivity index (χ1) is 13.6. The highest BCUT2D eigenvalue weighted by molar-refractivity contribution is 7.91. The number of amides is 1. The van der Waals surface area contributed by atoms with Gasteiger partial charge in [0.05, 0.1) is 16.2 Å². The normalized spacial score (nSPS) is 12.1. The van der Waals surface area contributed by atoms with Crippen molar-refractivity contribution in [1.29, 1.82) is 0 Å². The van der Waals surface area contributed by atoms with Crippen molar-refractivity contribution in [2.24, 2.45) is 0 Å². The third-order valence-electron chi connectivity index (χ3n) is 4.63. The lowest BCUT2D eigenvalue weighted by Crippen LogP contribution is -2.18. The fraction of sp³-hybridized carbons (Fsp3) is 0.273. The number of nitrogens with one attached hydrogen (secondary N) is 2. The summed E-state index contributed by atoms with van der Waals surface area (Å²) in [5.41, 5.74) is 1.63. The number of aromatic amines is 1. The number of aromatic nitrogens is 1. The van der Waals surface area contributed by atoms with Gasteiger partial charge >= 0.3 is 0 Å². The van der Waals surface area contributed by atoms with Gasteiger partial charge in [-0.05, 0) is 35.2 Å². The Bertz CT molecular complexity index is 1210. The van der Waals surface area contributed by atoms with Crippen LogP contribution in [0.5, 0.6) is 0 Å². The van der Waals surface area contributed by atoms with E-state index >= 15 is 0 Å². The summed E-state index contributed by atoms with van der Waals surface area (Å²) in [6.45, 7) is 6.10. The number of rotatable bonds is 5. The summed E-state index contributed by atoms with van der Waals surface area (Å²) < 4.78 is 24.6. The lowest BCUT2D eigenvalue weighted by atomic mass is 9.85. The highest BCUT2D eigenvalue weighted by Crippen LogP contribution is 2.29. The van der Waals surface area contributed by atoms with E-state index in [2.05, 4.69) is 10.3 Å². The van der Waals surface area contributed by atoms with Crippen molar-refractivity contribution in [2.75, 3.05) is 11.1 Å². The van der Waals surface area contributed by atoms with Crippen molar-refractivity contribution in [3.8, 4) is 0 Å². The average Bonchev–Trinajstić information content (AvgIpc) is 2.65. The van der Waals surface area contributed by atoms with E-state index in [4.69, 9.17) is 0 Å². The van der Waals surface area contributed by atoms with Crippen LogP contribution in [0.1, 0.15) is 32.8 Å². The number of H-pyrrole nitrogens is 1. The molecule has 2 N–H and O–H groups in total. The number of pyridine rings is 1. The molecule has 6 nitrogen and oxygen atoms in total.